The number of thiocarbonyl (C=S) groups is 1. The average molecular weight is 205 g/mol. The molecule has 4 nitrogen and oxygen atoms in total. The summed E-state index contributed by atoms with van der Waals surface area (Å²) in [6.45, 7) is 3.91. The molecule has 0 spiro atoms. The highest BCUT2D eigenvalue weighted by molar-refractivity contribution is 7.80. The average Bonchev–Trinajstić information content (AvgIpc) is 2.00. The van der Waals surface area contributed by atoms with Gasteiger partial charge in [0.05, 0.1) is 6.10 Å². The summed E-state index contributed by atoms with van der Waals surface area (Å²) in [5, 5.41) is 15.9. The molecule has 0 aromatic heterocycles. The maximum absolute atomic E-state index is 9.45. The summed E-state index contributed by atoms with van der Waals surface area (Å²) in [5.41, 5.74) is 0. The quantitative estimate of drug-likeness (QED) is 0.523. The van der Waals surface area contributed by atoms with Gasteiger partial charge in [-0.05, 0) is 33.2 Å². The Balaban J connectivity index is 3.45. The number of likely N-dealkylation sites (N-methyl/N-ethyl adjacent to an activating group) is 1. The van der Waals surface area contributed by atoms with Gasteiger partial charge in [0.2, 0.25) is 0 Å². The molecule has 1 atom stereocenters. The van der Waals surface area contributed by atoms with Crippen molar-refractivity contribution >= 4 is 17.3 Å². The molecule has 5 heteroatoms. The van der Waals surface area contributed by atoms with E-state index in [1.54, 1.807) is 0 Å². The summed E-state index contributed by atoms with van der Waals surface area (Å²) in [6, 6.07) is 0. The molecule has 0 aromatic rings. The van der Waals surface area contributed by atoms with Crippen LogP contribution in [0.1, 0.15) is 6.92 Å². The van der Waals surface area contributed by atoms with E-state index in [9.17, 15) is 5.11 Å². The largest absolute Gasteiger partial charge is 0.390 e. The third-order valence-corrected chi connectivity index (χ3v) is 1.70. The maximum atomic E-state index is 9.45. The van der Waals surface area contributed by atoms with Gasteiger partial charge in [0.1, 0.15) is 0 Å². The number of aliphatic hydroxyl groups is 1. The van der Waals surface area contributed by atoms with Crippen LogP contribution in [0.3, 0.4) is 0 Å². The fraction of sp³-hybridized carbons (Fsp3) is 0.875. The van der Waals surface area contributed by atoms with E-state index in [4.69, 9.17) is 12.2 Å². The van der Waals surface area contributed by atoms with E-state index in [-0.39, 0.29) is 6.10 Å². The van der Waals surface area contributed by atoms with Crippen molar-refractivity contribution in [3.05, 3.63) is 0 Å². The molecule has 0 unspecified atom stereocenters. The van der Waals surface area contributed by atoms with E-state index >= 15 is 0 Å². The Morgan fingerprint density at radius 2 is 2.08 bits per heavy atom. The highest BCUT2D eigenvalue weighted by atomic mass is 32.1. The zero-order chi connectivity index (χ0) is 10.3. The molecule has 13 heavy (non-hydrogen) atoms. The molecular weight excluding hydrogens is 186 g/mol. The predicted octanol–water partition coefficient (Wildman–Crippen LogP) is -0.607. The molecule has 0 aromatic carbocycles. The molecule has 0 aliphatic rings. The Bertz CT molecular complexity index is 152. The van der Waals surface area contributed by atoms with Crippen molar-refractivity contribution in [1.29, 1.82) is 0 Å². The predicted molar refractivity (Wildman–Crippen MR) is 58.8 cm³/mol. The van der Waals surface area contributed by atoms with Crippen LogP contribution in [0.15, 0.2) is 0 Å². The SMILES string of the molecule is CCNC(=S)NC[C@@H](O)CN(C)C. The van der Waals surface area contributed by atoms with Crippen LogP contribution in [0.25, 0.3) is 0 Å². The minimum Gasteiger partial charge on any atom is -0.390 e. The van der Waals surface area contributed by atoms with E-state index in [2.05, 4.69) is 10.6 Å². The molecule has 0 amide bonds. The summed E-state index contributed by atoms with van der Waals surface area (Å²) in [5.74, 6) is 0. The Kier molecular flexibility index (Phi) is 6.84. The van der Waals surface area contributed by atoms with E-state index in [0.717, 1.165) is 6.54 Å². The smallest absolute Gasteiger partial charge is 0.166 e. The summed E-state index contributed by atoms with van der Waals surface area (Å²) in [6.07, 6.45) is -0.383. The number of aliphatic hydroxyl groups excluding tert-OH is 1. The van der Waals surface area contributed by atoms with Crippen LogP contribution in [-0.2, 0) is 0 Å². The first-order chi connectivity index (χ1) is 6.06. The minimum absolute atomic E-state index is 0.383. The third kappa shape index (κ3) is 7.95. The standard InChI is InChI=1S/C8H19N3OS/c1-4-9-8(13)10-5-7(12)6-11(2)3/h7,12H,4-6H2,1-3H3,(H2,9,10,13)/t7-/m1/s1. The van der Waals surface area contributed by atoms with Gasteiger partial charge in [-0.1, -0.05) is 0 Å². The lowest BCUT2D eigenvalue weighted by atomic mass is 10.3. The lowest BCUT2D eigenvalue weighted by molar-refractivity contribution is 0.139. The van der Waals surface area contributed by atoms with Crippen molar-refractivity contribution in [3.63, 3.8) is 0 Å². The minimum atomic E-state index is -0.383. The highest BCUT2D eigenvalue weighted by Crippen LogP contribution is 1.83. The normalized spacial score (nSPS) is 12.7. The van der Waals surface area contributed by atoms with Crippen LogP contribution < -0.4 is 10.6 Å². The summed E-state index contributed by atoms with van der Waals surface area (Å²) in [7, 11) is 3.84. The lowest BCUT2D eigenvalue weighted by Gasteiger charge is -2.17. The van der Waals surface area contributed by atoms with Crippen LogP contribution in [0, 0.1) is 0 Å². The highest BCUT2D eigenvalue weighted by Gasteiger charge is 2.05. The Morgan fingerprint density at radius 3 is 2.54 bits per heavy atom. The molecule has 0 fully saturated rings. The van der Waals surface area contributed by atoms with Gasteiger partial charge in [0.15, 0.2) is 5.11 Å². The zero-order valence-corrected chi connectivity index (χ0v) is 9.32. The summed E-state index contributed by atoms with van der Waals surface area (Å²) in [4.78, 5) is 1.93. The van der Waals surface area contributed by atoms with Gasteiger partial charge < -0.3 is 20.6 Å². The second kappa shape index (κ2) is 7.06. The van der Waals surface area contributed by atoms with Crippen LogP contribution in [0.2, 0.25) is 0 Å². The number of hydrogen-bond acceptors (Lipinski definition) is 3. The summed E-state index contributed by atoms with van der Waals surface area (Å²) >= 11 is 4.94. The van der Waals surface area contributed by atoms with E-state index in [1.165, 1.54) is 0 Å². The Labute approximate surface area is 85.3 Å². The maximum Gasteiger partial charge on any atom is 0.166 e. The first-order valence-corrected chi connectivity index (χ1v) is 4.81. The van der Waals surface area contributed by atoms with Crippen LogP contribution in [0.4, 0.5) is 0 Å². The fourth-order valence-electron chi connectivity index (χ4n) is 0.920. The first kappa shape index (κ1) is 12.6. The van der Waals surface area contributed by atoms with E-state index in [0.29, 0.717) is 18.2 Å². The van der Waals surface area contributed by atoms with Gasteiger partial charge in [-0.25, -0.2) is 0 Å². The van der Waals surface area contributed by atoms with Crippen molar-refractivity contribution in [2.24, 2.45) is 0 Å². The molecule has 0 aliphatic carbocycles. The second-order valence-corrected chi connectivity index (χ2v) is 3.56. The van der Waals surface area contributed by atoms with Crippen molar-refractivity contribution in [3.8, 4) is 0 Å². The molecule has 0 radical (unpaired) electrons. The second-order valence-electron chi connectivity index (χ2n) is 3.16. The molecule has 0 rings (SSSR count). The van der Waals surface area contributed by atoms with Gasteiger partial charge in [-0.15, -0.1) is 0 Å². The van der Waals surface area contributed by atoms with E-state index in [1.807, 2.05) is 25.9 Å². The lowest BCUT2D eigenvalue weighted by Crippen LogP contribution is -2.42. The van der Waals surface area contributed by atoms with Gasteiger partial charge in [-0.3, -0.25) is 0 Å². The van der Waals surface area contributed by atoms with E-state index < -0.39 is 0 Å². The molecule has 3 N–H and O–H groups in total. The van der Waals surface area contributed by atoms with Crippen LogP contribution in [-0.4, -0.2) is 55.0 Å². The zero-order valence-electron chi connectivity index (χ0n) is 8.50. The number of hydrogen-bond donors (Lipinski definition) is 3. The van der Waals surface area contributed by atoms with Gasteiger partial charge in [0.25, 0.3) is 0 Å². The van der Waals surface area contributed by atoms with Crippen LogP contribution in [0.5, 0.6) is 0 Å². The molecular formula is C8H19N3OS. The molecule has 0 saturated carbocycles. The Hall–Kier alpha value is -0.390. The van der Waals surface area contributed by atoms with Crippen molar-refractivity contribution in [2.75, 3.05) is 33.7 Å². The summed E-state index contributed by atoms with van der Waals surface area (Å²) < 4.78 is 0. The topological polar surface area (TPSA) is 47.5 Å². The van der Waals surface area contributed by atoms with Crippen LogP contribution >= 0.6 is 12.2 Å². The van der Waals surface area contributed by atoms with Crippen molar-refractivity contribution < 1.29 is 5.11 Å². The molecule has 0 heterocycles. The molecule has 0 saturated heterocycles. The van der Waals surface area contributed by atoms with Crippen molar-refractivity contribution in [2.45, 2.75) is 13.0 Å². The van der Waals surface area contributed by atoms with Gasteiger partial charge in [-0.2, -0.15) is 0 Å². The van der Waals surface area contributed by atoms with Gasteiger partial charge >= 0.3 is 0 Å². The van der Waals surface area contributed by atoms with Crippen molar-refractivity contribution in [1.82, 2.24) is 15.5 Å². The monoisotopic (exact) mass is 205 g/mol. The number of rotatable bonds is 5. The van der Waals surface area contributed by atoms with Gasteiger partial charge in [0, 0.05) is 19.6 Å². The number of nitrogens with one attached hydrogen (secondary N) is 2. The first-order valence-electron chi connectivity index (χ1n) is 4.40. The fourth-order valence-corrected chi connectivity index (χ4v) is 1.15. The molecule has 0 bridgehead atoms. The number of nitrogens with zero attached hydrogens (tertiary/aromatic N) is 1. The molecule has 78 valence electrons. The Morgan fingerprint density at radius 1 is 1.46 bits per heavy atom. The third-order valence-electron chi connectivity index (χ3n) is 1.41. The molecule has 0 aliphatic heterocycles.